The number of fused-ring (bicyclic) bond motifs is 3. The van der Waals surface area contributed by atoms with Gasteiger partial charge >= 0.3 is 0 Å². The van der Waals surface area contributed by atoms with Crippen LogP contribution in [0.5, 0.6) is 0 Å². The zero-order valence-electron chi connectivity index (χ0n) is 14.7. The molecule has 3 saturated heterocycles. The van der Waals surface area contributed by atoms with Crippen LogP contribution < -0.4 is 4.90 Å². The van der Waals surface area contributed by atoms with Crippen LogP contribution in [-0.2, 0) is 4.79 Å². The molecule has 138 valence electrons. The third-order valence-corrected chi connectivity index (χ3v) is 6.32. The van der Waals surface area contributed by atoms with Crippen molar-refractivity contribution in [3.05, 3.63) is 23.2 Å². The fourth-order valence-corrected chi connectivity index (χ4v) is 4.73. The summed E-state index contributed by atoms with van der Waals surface area (Å²) < 4.78 is 5.87. The molecule has 0 radical (unpaired) electrons. The highest BCUT2D eigenvalue weighted by atomic mass is 35.5. The predicted octanol–water partition coefficient (Wildman–Crippen LogP) is 2.61. The third kappa shape index (κ3) is 2.85. The molecule has 1 aromatic heterocycles. The largest absolute Gasteiger partial charge is 0.423 e. The molecule has 3 fully saturated rings. The van der Waals surface area contributed by atoms with Gasteiger partial charge in [-0.2, -0.15) is 4.98 Å². The summed E-state index contributed by atoms with van der Waals surface area (Å²) in [4.78, 5) is 24.3. The Hall–Kier alpha value is -1.79. The maximum Gasteiger partial charge on any atom is 0.298 e. The van der Waals surface area contributed by atoms with Crippen molar-refractivity contribution in [2.75, 3.05) is 44.2 Å². The van der Waals surface area contributed by atoms with Crippen LogP contribution >= 0.6 is 11.6 Å². The number of halogens is 1. The first-order valence-corrected chi connectivity index (χ1v) is 9.89. The second kappa shape index (κ2) is 6.43. The molecule has 0 saturated carbocycles. The van der Waals surface area contributed by atoms with Gasteiger partial charge in [-0.1, -0.05) is 11.6 Å². The molecule has 0 N–H and O–H groups in total. The number of benzene rings is 1. The summed E-state index contributed by atoms with van der Waals surface area (Å²) in [5.74, 6) is 0.498. The molecule has 7 heteroatoms. The number of rotatable bonds is 2. The fraction of sp³-hybridized carbons (Fsp3) is 0.579. The molecule has 2 atom stereocenters. The number of aromatic nitrogens is 1. The lowest BCUT2D eigenvalue weighted by molar-refractivity contribution is -0.139. The van der Waals surface area contributed by atoms with Gasteiger partial charge in [-0.15, -0.1) is 0 Å². The molecule has 0 aliphatic carbocycles. The van der Waals surface area contributed by atoms with E-state index < -0.39 is 0 Å². The molecule has 1 amide bonds. The molecule has 4 heterocycles. The van der Waals surface area contributed by atoms with Gasteiger partial charge in [-0.05, 0) is 31.4 Å². The van der Waals surface area contributed by atoms with Crippen molar-refractivity contribution >= 4 is 34.6 Å². The van der Waals surface area contributed by atoms with Crippen LogP contribution in [0.4, 0.5) is 6.01 Å². The smallest absolute Gasteiger partial charge is 0.298 e. The van der Waals surface area contributed by atoms with Crippen LogP contribution in [0.2, 0.25) is 5.02 Å². The van der Waals surface area contributed by atoms with Gasteiger partial charge < -0.3 is 14.2 Å². The quantitative estimate of drug-likeness (QED) is 0.808. The normalized spacial score (nSPS) is 26.7. The molecule has 3 aliphatic heterocycles. The van der Waals surface area contributed by atoms with Crippen molar-refractivity contribution in [1.82, 2.24) is 14.8 Å². The minimum absolute atomic E-state index is 0.136. The van der Waals surface area contributed by atoms with E-state index in [-0.39, 0.29) is 5.92 Å². The number of carbonyl (C=O) groups is 1. The fourth-order valence-electron chi connectivity index (χ4n) is 4.57. The Kier molecular flexibility index (Phi) is 4.05. The van der Waals surface area contributed by atoms with Gasteiger partial charge in [-0.3, -0.25) is 9.69 Å². The van der Waals surface area contributed by atoms with Crippen molar-refractivity contribution in [3.63, 3.8) is 0 Å². The van der Waals surface area contributed by atoms with Crippen LogP contribution in [-0.4, -0.2) is 66.0 Å². The zero-order chi connectivity index (χ0) is 17.7. The van der Waals surface area contributed by atoms with Gasteiger partial charge in [0.15, 0.2) is 5.58 Å². The minimum atomic E-state index is 0.136. The number of piperidine rings is 1. The second-order valence-corrected chi connectivity index (χ2v) is 8.08. The molecule has 2 bridgehead atoms. The lowest BCUT2D eigenvalue weighted by Crippen LogP contribution is -2.52. The molecule has 3 aliphatic rings. The van der Waals surface area contributed by atoms with Crippen molar-refractivity contribution in [3.8, 4) is 0 Å². The first-order valence-electron chi connectivity index (χ1n) is 9.51. The maximum atomic E-state index is 13.0. The summed E-state index contributed by atoms with van der Waals surface area (Å²) in [6, 6.07) is 6.57. The number of hydrogen-bond acceptors (Lipinski definition) is 5. The Bertz CT molecular complexity index is 830. The number of hydrogen-bond donors (Lipinski definition) is 0. The van der Waals surface area contributed by atoms with Crippen molar-refractivity contribution in [1.29, 1.82) is 0 Å². The molecule has 0 spiro atoms. The summed E-state index contributed by atoms with van der Waals surface area (Å²) in [7, 11) is 0. The first-order chi connectivity index (χ1) is 12.7. The van der Waals surface area contributed by atoms with Gasteiger partial charge in [0.25, 0.3) is 6.01 Å². The SMILES string of the molecule is O=C(C1CCN(c2nc3ccc(Cl)cc3o2)CC1)N1CCN2CCC1C2. The number of piperazine rings is 1. The first kappa shape index (κ1) is 16.4. The Morgan fingerprint density at radius 1 is 1.12 bits per heavy atom. The van der Waals surface area contributed by atoms with E-state index in [0.29, 0.717) is 28.6 Å². The van der Waals surface area contributed by atoms with Crippen LogP contribution in [0, 0.1) is 5.92 Å². The summed E-state index contributed by atoms with van der Waals surface area (Å²) in [6.07, 6.45) is 2.87. The maximum absolute atomic E-state index is 13.0. The van der Waals surface area contributed by atoms with E-state index in [0.717, 1.165) is 64.0 Å². The second-order valence-electron chi connectivity index (χ2n) is 7.64. The Balaban J connectivity index is 1.24. The summed E-state index contributed by atoms with van der Waals surface area (Å²) >= 11 is 6.02. The minimum Gasteiger partial charge on any atom is -0.423 e. The highest BCUT2D eigenvalue weighted by Crippen LogP contribution is 2.30. The van der Waals surface area contributed by atoms with Crippen LogP contribution in [0.3, 0.4) is 0 Å². The Labute approximate surface area is 157 Å². The van der Waals surface area contributed by atoms with E-state index in [2.05, 4.69) is 19.7 Å². The topological polar surface area (TPSA) is 52.8 Å². The molecule has 26 heavy (non-hydrogen) atoms. The van der Waals surface area contributed by atoms with Crippen LogP contribution in [0.15, 0.2) is 22.6 Å². The highest BCUT2D eigenvalue weighted by Gasteiger charge is 2.38. The van der Waals surface area contributed by atoms with Gasteiger partial charge in [0.2, 0.25) is 5.91 Å². The van der Waals surface area contributed by atoms with Crippen molar-refractivity contribution in [2.45, 2.75) is 25.3 Å². The molecule has 6 nitrogen and oxygen atoms in total. The predicted molar refractivity (Wildman–Crippen MR) is 101 cm³/mol. The highest BCUT2D eigenvalue weighted by molar-refractivity contribution is 6.31. The molecule has 5 rings (SSSR count). The van der Waals surface area contributed by atoms with E-state index in [1.54, 1.807) is 6.07 Å². The van der Waals surface area contributed by atoms with Gasteiger partial charge in [0, 0.05) is 62.3 Å². The van der Waals surface area contributed by atoms with E-state index in [9.17, 15) is 4.79 Å². The van der Waals surface area contributed by atoms with E-state index >= 15 is 0 Å². The van der Waals surface area contributed by atoms with Crippen LogP contribution in [0.1, 0.15) is 19.3 Å². The number of nitrogens with zero attached hydrogens (tertiary/aromatic N) is 4. The molecule has 2 unspecified atom stereocenters. The van der Waals surface area contributed by atoms with E-state index in [1.165, 1.54) is 0 Å². The monoisotopic (exact) mass is 374 g/mol. The lowest BCUT2D eigenvalue weighted by atomic mass is 9.94. The third-order valence-electron chi connectivity index (χ3n) is 6.08. The number of oxazole rings is 1. The number of anilines is 1. The van der Waals surface area contributed by atoms with Crippen molar-refractivity contribution < 1.29 is 9.21 Å². The average molecular weight is 375 g/mol. The molecular weight excluding hydrogens is 352 g/mol. The van der Waals surface area contributed by atoms with Gasteiger partial charge in [-0.25, -0.2) is 0 Å². The average Bonchev–Trinajstić information content (AvgIpc) is 3.25. The summed E-state index contributed by atoms with van der Waals surface area (Å²) in [6.45, 7) is 5.76. The number of amides is 1. The summed E-state index contributed by atoms with van der Waals surface area (Å²) in [5.41, 5.74) is 1.53. The number of carbonyl (C=O) groups excluding carboxylic acids is 1. The molecule has 2 aromatic rings. The Morgan fingerprint density at radius 2 is 1.96 bits per heavy atom. The van der Waals surface area contributed by atoms with Crippen LogP contribution in [0.25, 0.3) is 11.1 Å². The zero-order valence-corrected chi connectivity index (χ0v) is 15.5. The van der Waals surface area contributed by atoms with E-state index in [1.807, 2.05) is 12.1 Å². The molecular formula is C19H23ClN4O2. The summed E-state index contributed by atoms with van der Waals surface area (Å²) in [5, 5.41) is 0.650. The van der Waals surface area contributed by atoms with Crippen molar-refractivity contribution in [2.24, 2.45) is 5.92 Å². The van der Waals surface area contributed by atoms with Gasteiger partial charge in [0.05, 0.1) is 0 Å². The van der Waals surface area contributed by atoms with E-state index in [4.69, 9.17) is 16.0 Å². The Morgan fingerprint density at radius 3 is 2.81 bits per heavy atom. The van der Waals surface area contributed by atoms with Gasteiger partial charge in [0.1, 0.15) is 5.52 Å². The molecule has 1 aromatic carbocycles. The lowest BCUT2D eigenvalue weighted by Gasteiger charge is -2.38. The standard InChI is InChI=1S/C19H23ClN4O2/c20-14-1-2-16-17(11-14)26-19(21-16)23-7-3-13(4-8-23)18(25)24-10-9-22-6-5-15(24)12-22/h1-2,11,13,15H,3-10,12H2.